The van der Waals surface area contributed by atoms with Gasteiger partial charge in [0.15, 0.2) is 0 Å². The molecular formula is C5H12N12+4. The largest absolute Gasteiger partial charge is 0.214 e. The topological polar surface area (TPSA) is 201 Å². The molecule has 0 aromatic heterocycles. The lowest BCUT2D eigenvalue weighted by Gasteiger charge is -2.15. The Kier molecular flexibility index (Phi) is 7.15. The van der Waals surface area contributed by atoms with Gasteiger partial charge in [-0.25, -0.2) is 0 Å². The van der Waals surface area contributed by atoms with Gasteiger partial charge in [0.25, 0.3) is 0 Å². The summed E-state index contributed by atoms with van der Waals surface area (Å²) < 4.78 is 0. The van der Waals surface area contributed by atoms with Crippen LogP contribution in [0.5, 0.6) is 0 Å². The van der Waals surface area contributed by atoms with Gasteiger partial charge in [-0.15, -0.1) is 0 Å². The molecule has 12 nitrogen and oxygen atoms in total. The highest BCUT2D eigenvalue weighted by Gasteiger charge is 2.38. The molecule has 0 atom stereocenters. The van der Waals surface area contributed by atoms with Crippen molar-refractivity contribution in [3.05, 3.63) is 0 Å². The zero-order chi connectivity index (χ0) is 13.0. The van der Waals surface area contributed by atoms with Gasteiger partial charge in [0.2, 0.25) is 19.6 Å². The van der Waals surface area contributed by atoms with Gasteiger partial charge in [0.1, 0.15) is 68.8 Å². The Balaban J connectivity index is 5.12. The van der Waals surface area contributed by atoms with Crippen LogP contribution in [0.3, 0.4) is 0 Å². The van der Waals surface area contributed by atoms with E-state index in [-0.39, 0.29) is 26.2 Å². The number of nitrogens with zero attached hydrogens (tertiary/aromatic N) is 8. The van der Waals surface area contributed by atoms with Crippen molar-refractivity contribution < 1.29 is 0 Å². The van der Waals surface area contributed by atoms with Crippen LogP contribution in [0, 0.1) is 27.5 Å². The predicted molar refractivity (Wildman–Crippen MR) is 51.0 cm³/mol. The van der Waals surface area contributed by atoms with Crippen molar-refractivity contribution in [3.8, 4) is 0 Å². The minimum Gasteiger partial charge on any atom is 0.0770 e. The normalized spacial score (nSPS) is 11.8. The average Bonchev–Trinajstić information content (AvgIpc) is 2.37. The molecule has 0 amide bonds. The predicted octanol–water partition coefficient (Wildman–Crippen LogP) is 0.174. The number of nitrogens with one attached hydrogen (secondary N) is 4. The fourth-order valence-corrected chi connectivity index (χ4v) is 1.04. The lowest BCUT2D eigenvalue weighted by molar-refractivity contribution is 0.310. The van der Waals surface area contributed by atoms with Crippen LogP contribution in [0.25, 0.3) is 0 Å². The summed E-state index contributed by atoms with van der Waals surface area (Å²) >= 11 is 0. The van der Waals surface area contributed by atoms with E-state index in [0.717, 1.165) is 0 Å². The summed E-state index contributed by atoms with van der Waals surface area (Å²) in [6.45, 7) is 0.197. The third-order valence-electron chi connectivity index (χ3n) is 1.91. The highest BCUT2D eigenvalue weighted by Crippen LogP contribution is 2.19. The van der Waals surface area contributed by atoms with E-state index in [1.807, 2.05) is 0 Å². The lowest BCUT2D eigenvalue weighted by Crippen LogP contribution is -2.35. The molecule has 0 fully saturated rings. The fourth-order valence-electron chi connectivity index (χ4n) is 1.04. The van der Waals surface area contributed by atoms with Crippen LogP contribution in [-0.2, 0) is 0 Å². The highest BCUT2D eigenvalue weighted by molar-refractivity contribution is 4.86. The summed E-state index contributed by atoms with van der Waals surface area (Å²) in [6, 6.07) is 0. The van der Waals surface area contributed by atoms with Crippen molar-refractivity contribution >= 4 is 0 Å². The molecule has 12 heteroatoms. The molecule has 0 aliphatic carbocycles. The Morgan fingerprint density at radius 2 is 0.824 bits per heavy atom. The van der Waals surface area contributed by atoms with Crippen LogP contribution in [0.15, 0.2) is 20.5 Å². The van der Waals surface area contributed by atoms with Crippen molar-refractivity contribution in [2.45, 2.75) is 0 Å². The Labute approximate surface area is 94.7 Å². The zero-order valence-corrected chi connectivity index (χ0v) is 8.91. The van der Waals surface area contributed by atoms with Crippen LogP contribution in [0.4, 0.5) is 0 Å². The van der Waals surface area contributed by atoms with Crippen molar-refractivity contribution in [1.29, 1.82) is 22.1 Å². The minimum absolute atomic E-state index is 0.0492. The maximum absolute atomic E-state index is 6.60. The van der Waals surface area contributed by atoms with Crippen LogP contribution < -0.4 is 19.6 Å². The number of hydrogen-bond donors (Lipinski definition) is 4. The highest BCUT2D eigenvalue weighted by atomic mass is 15.2. The average molecular weight is 240 g/mol. The first-order valence-electron chi connectivity index (χ1n) is 4.37. The molecule has 0 saturated carbocycles. The first-order chi connectivity index (χ1) is 8.24. The summed E-state index contributed by atoms with van der Waals surface area (Å²) in [5.74, 6) is 0. The van der Waals surface area contributed by atoms with E-state index in [4.69, 9.17) is 22.1 Å². The third kappa shape index (κ3) is 5.63. The molecule has 4 N–H and O–H groups in total. The van der Waals surface area contributed by atoms with Gasteiger partial charge in [-0.1, -0.05) is 0 Å². The molecule has 0 aromatic rings. The Bertz CT molecular complexity index is 340. The number of rotatable bonds is 8. The monoisotopic (exact) mass is 240 g/mol. The molecular weight excluding hydrogens is 228 g/mol. The standard InChI is InChI=1S/C5H12N12/c6-14-10-1-5(2-11-15-7,3-12-16-8)4-13-17-9/h6-9H,1-4H2/q+4. The summed E-state index contributed by atoms with van der Waals surface area (Å²) in [5, 5.41) is 14.0. The lowest BCUT2D eigenvalue weighted by atomic mass is 9.88. The van der Waals surface area contributed by atoms with Crippen LogP contribution >= 0.6 is 0 Å². The van der Waals surface area contributed by atoms with E-state index in [1.165, 1.54) is 0 Å². The van der Waals surface area contributed by atoms with Gasteiger partial charge in [-0.3, -0.25) is 0 Å². The van der Waals surface area contributed by atoms with Crippen LogP contribution in [0.2, 0.25) is 0 Å². The summed E-state index contributed by atoms with van der Waals surface area (Å²) in [5.41, 5.74) is 25.6. The molecule has 0 unspecified atom stereocenters. The van der Waals surface area contributed by atoms with Crippen molar-refractivity contribution in [3.63, 3.8) is 0 Å². The first-order valence-corrected chi connectivity index (χ1v) is 4.37. The molecule has 0 aliphatic heterocycles. The van der Waals surface area contributed by atoms with E-state index in [2.05, 4.69) is 40.1 Å². The second-order valence-electron chi connectivity index (χ2n) is 3.10. The smallest absolute Gasteiger partial charge is 0.0770 e. The van der Waals surface area contributed by atoms with E-state index in [9.17, 15) is 0 Å². The second kappa shape index (κ2) is 8.54. The Hall–Kier alpha value is -2.76. The molecule has 0 rings (SSSR count). The van der Waals surface area contributed by atoms with Crippen LogP contribution in [-0.4, -0.2) is 26.2 Å². The summed E-state index contributed by atoms with van der Waals surface area (Å²) in [7, 11) is 0. The second-order valence-corrected chi connectivity index (χ2v) is 3.10. The van der Waals surface area contributed by atoms with Crippen molar-refractivity contribution in [1.82, 2.24) is 19.6 Å². The Morgan fingerprint density at radius 3 is 1.00 bits per heavy atom. The molecule has 88 valence electrons. The van der Waals surface area contributed by atoms with Gasteiger partial charge < -0.3 is 0 Å². The third-order valence-corrected chi connectivity index (χ3v) is 1.91. The van der Waals surface area contributed by atoms with Gasteiger partial charge >= 0.3 is 0 Å². The van der Waals surface area contributed by atoms with Gasteiger partial charge in [-0.05, 0) is 0 Å². The molecule has 0 saturated heterocycles. The molecule has 17 heavy (non-hydrogen) atoms. The van der Waals surface area contributed by atoms with Crippen molar-refractivity contribution in [2.75, 3.05) is 26.2 Å². The summed E-state index contributed by atoms with van der Waals surface area (Å²) in [4.78, 5) is 11.4. The first kappa shape index (κ1) is 14.2. The summed E-state index contributed by atoms with van der Waals surface area (Å²) in [6.07, 6.45) is 0. The fraction of sp³-hybridized carbons (Fsp3) is 1.00. The Morgan fingerprint density at radius 1 is 0.588 bits per heavy atom. The SMILES string of the molecule is N=[N+]=NCC(CN=[N+]=N)(CN=[N+]=N)CN=[N+]=N. The number of hydrogen-bond acceptors (Lipinski definition) is 8. The quantitative estimate of drug-likeness (QED) is 0.331. The van der Waals surface area contributed by atoms with Gasteiger partial charge in [0, 0.05) is 0 Å². The molecule has 0 aliphatic rings. The maximum atomic E-state index is 6.60. The van der Waals surface area contributed by atoms with Gasteiger partial charge in [-0.2, -0.15) is 0 Å². The molecule has 0 radical (unpaired) electrons. The maximum Gasteiger partial charge on any atom is 0.214 e. The molecule has 0 spiro atoms. The molecule has 0 heterocycles. The zero-order valence-electron chi connectivity index (χ0n) is 8.91. The molecule has 0 aromatic carbocycles. The van der Waals surface area contributed by atoms with E-state index >= 15 is 0 Å². The van der Waals surface area contributed by atoms with E-state index in [1.54, 1.807) is 0 Å². The van der Waals surface area contributed by atoms with Gasteiger partial charge in [0.05, 0.1) is 5.41 Å². The van der Waals surface area contributed by atoms with E-state index in [0.29, 0.717) is 0 Å². The van der Waals surface area contributed by atoms with E-state index < -0.39 is 5.41 Å². The molecule has 0 bridgehead atoms. The van der Waals surface area contributed by atoms with Crippen LogP contribution in [0.1, 0.15) is 0 Å². The van der Waals surface area contributed by atoms with Crippen molar-refractivity contribution in [2.24, 2.45) is 25.9 Å². The minimum atomic E-state index is -0.815.